The molecule has 0 saturated heterocycles. The van der Waals surface area contributed by atoms with Crippen LogP contribution in [-0.2, 0) is 0 Å². The summed E-state index contributed by atoms with van der Waals surface area (Å²) in [5.41, 5.74) is 0. The van der Waals surface area contributed by atoms with Crippen molar-refractivity contribution in [1.82, 2.24) is 0 Å². The molecule has 0 saturated carbocycles. The molecule has 0 heterocycles. The van der Waals surface area contributed by atoms with Crippen molar-refractivity contribution in [2.75, 3.05) is 0 Å². The molecule has 0 fully saturated rings. The minimum Gasteiger partial charge on any atom is -0.198 e. The Hall–Kier alpha value is -0.510. The van der Waals surface area contributed by atoms with E-state index in [4.69, 9.17) is 5.26 Å². The summed E-state index contributed by atoms with van der Waals surface area (Å²) >= 11 is 0. The van der Waals surface area contributed by atoms with Crippen LogP contribution in [0.5, 0.6) is 0 Å². The maximum atomic E-state index is 8.71. The number of nitrogens with zero attached hydrogens (tertiary/aromatic N) is 1. The third kappa shape index (κ3) is 11.7. The number of rotatable bonds is 7. The van der Waals surface area contributed by atoms with E-state index in [-0.39, 0.29) is 5.92 Å². The highest BCUT2D eigenvalue weighted by Crippen LogP contribution is 2.24. The van der Waals surface area contributed by atoms with Crippen molar-refractivity contribution in [3.63, 3.8) is 0 Å². The number of hydrogen-bond donors (Lipinski definition) is 0. The Kier molecular flexibility index (Phi) is 13.3. The smallest absolute Gasteiger partial charge is 0.0652 e. The van der Waals surface area contributed by atoms with Crippen molar-refractivity contribution in [3.05, 3.63) is 0 Å². The molecule has 0 aliphatic rings. The van der Waals surface area contributed by atoms with Crippen molar-refractivity contribution in [2.24, 2.45) is 23.7 Å². The number of hydrogen-bond acceptors (Lipinski definition) is 1. The summed E-state index contributed by atoms with van der Waals surface area (Å²) in [6.45, 7) is 15.3. The lowest BCUT2D eigenvalue weighted by atomic mass is 9.85. The molecule has 3 unspecified atom stereocenters. The average molecular weight is 239 g/mol. The van der Waals surface area contributed by atoms with Crippen LogP contribution in [0.25, 0.3) is 0 Å². The van der Waals surface area contributed by atoms with Crippen LogP contribution >= 0.6 is 0 Å². The van der Waals surface area contributed by atoms with Crippen LogP contribution in [0.15, 0.2) is 0 Å². The Morgan fingerprint density at radius 2 is 1.18 bits per heavy atom. The van der Waals surface area contributed by atoms with Gasteiger partial charge in [0.25, 0.3) is 0 Å². The van der Waals surface area contributed by atoms with E-state index in [9.17, 15) is 0 Å². The van der Waals surface area contributed by atoms with Crippen LogP contribution in [0.3, 0.4) is 0 Å². The Morgan fingerprint density at radius 1 is 0.765 bits per heavy atom. The maximum Gasteiger partial charge on any atom is 0.0652 e. The summed E-state index contributed by atoms with van der Waals surface area (Å²) in [6.07, 6.45) is 4.93. The minimum atomic E-state index is 0.227. The van der Waals surface area contributed by atoms with Gasteiger partial charge in [0.15, 0.2) is 0 Å². The Bertz CT molecular complexity index is 190. The molecule has 0 spiro atoms. The molecule has 17 heavy (non-hydrogen) atoms. The van der Waals surface area contributed by atoms with Gasteiger partial charge in [0, 0.05) is 5.92 Å². The van der Waals surface area contributed by atoms with Crippen molar-refractivity contribution < 1.29 is 0 Å². The van der Waals surface area contributed by atoms with Crippen LogP contribution in [-0.4, -0.2) is 0 Å². The van der Waals surface area contributed by atoms with Crippen LogP contribution in [0.4, 0.5) is 0 Å². The molecule has 1 heteroatoms. The molecule has 0 rings (SSSR count). The zero-order valence-electron chi connectivity index (χ0n) is 13.1. The van der Waals surface area contributed by atoms with Crippen LogP contribution < -0.4 is 0 Å². The fraction of sp³-hybridized carbons (Fsp3) is 0.938. The molecule has 0 aliphatic heterocycles. The van der Waals surface area contributed by atoms with E-state index < -0.39 is 0 Å². The van der Waals surface area contributed by atoms with Gasteiger partial charge in [0.05, 0.1) is 6.07 Å². The van der Waals surface area contributed by atoms with Gasteiger partial charge in [-0.1, -0.05) is 54.4 Å². The molecule has 3 atom stereocenters. The first-order valence-electron chi connectivity index (χ1n) is 7.37. The molecule has 0 aromatic heterocycles. The van der Waals surface area contributed by atoms with E-state index in [1.54, 1.807) is 0 Å². The van der Waals surface area contributed by atoms with Gasteiger partial charge in [-0.05, 0) is 37.5 Å². The molecule has 102 valence electrons. The van der Waals surface area contributed by atoms with Gasteiger partial charge >= 0.3 is 0 Å². The van der Waals surface area contributed by atoms with Gasteiger partial charge in [-0.25, -0.2) is 0 Å². The van der Waals surface area contributed by atoms with E-state index in [1.165, 1.54) is 19.3 Å². The molecule has 1 nitrogen and oxygen atoms in total. The highest BCUT2D eigenvalue weighted by atomic mass is 14.3. The highest BCUT2D eigenvalue weighted by molar-refractivity contribution is 4.79. The molecular weight excluding hydrogens is 206 g/mol. The lowest BCUT2D eigenvalue weighted by Gasteiger charge is -2.21. The second-order valence-corrected chi connectivity index (χ2v) is 5.53. The van der Waals surface area contributed by atoms with E-state index in [2.05, 4.69) is 33.8 Å². The van der Waals surface area contributed by atoms with Crippen LogP contribution in [0, 0.1) is 35.0 Å². The molecule has 0 radical (unpaired) electrons. The first kappa shape index (κ1) is 18.8. The first-order valence-corrected chi connectivity index (χ1v) is 7.37. The van der Waals surface area contributed by atoms with E-state index >= 15 is 0 Å². The van der Waals surface area contributed by atoms with E-state index in [0.29, 0.717) is 0 Å². The predicted molar refractivity (Wildman–Crippen MR) is 77.8 cm³/mol. The van der Waals surface area contributed by atoms with E-state index in [1.807, 2.05) is 20.8 Å². The van der Waals surface area contributed by atoms with Gasteiger partial charge in [-0.3, -0.25) is 0 Å². The number of nitriles is 1. The molecule has 0 aliphatic carbocycles. The average Bonchev–Trinajstić information content (AvgIpc) is 2.34. The van der Waals surface area contributed by atoms with Crippen molar-refractivity contribution in [3.8, 4) is 6.07 Å². The molecule has 0 aromatic carbocycles. The molecule has 0 N–H and O–H groups in total. The van der Waals surface area contributed by atoms with Gasteiger partial charge in [0.2, 0.25) is 0 Å². The zero-order chi connectivity index (χ0) is 13.8. The monoisotopic (exact) mass is 239 g/mol. The van der Waals surface area contributed by atoms with Gasteiger partial charge in [0.1, 0.15) is 0 Å². The molecule has 0 bridgehead atoms. The molecular formula is C16H33N. The maximum absolute atomic E-state index is 8.71. The van der Waals surface area contributed by atoms with Crippen LogP contribution in [0.1, 0.15) is 74.1 Å². The van der Waals surface area contributed by atoms with E-state index in [0.717, 1.165) is 24.2 Å². The summed E-state index contributed by atoms with van der Waals surface area (Å²) in [7, 11) is 0. The standard InChI is InChI=1S/C14H27N.C2H6/c1-11(2)6-8-13(4)14(5)9-7-12(3)10-15;1-2/h11-14H,6-9H2,1-5H3;1-2H3. The molecule has 0 amide bonds. The quantitative estimate of drug-likeness (QED) is 0.562. The zero-order valence-corrected chi connectivity index (χ0v) is 13.1. The fourth-order valence-electron chi connectivity index (χ4n) is 1.74. The van der Waals surface area contributed by atoms with Gasteiger partial charge in [-0.2, -0.15) is 5.26 Å². The SMILES string of the molecule is CC.CC(C)CCC(C)C(C)CCC(C)C#N. The third-order valence-electron chi connectivity index (χ3n) is 3.45. The van der Waals surface area contributed by atoms with Gasteiger partial charge in [-0.15, -0.1) is 0 Å². The minimum absolute atomic E-state index is 0.227. The van der Waals surface area contributed by atoms with Gasteiger partial charge < -0.3 is 0 Å². The highest BCUT2D eigenvalue weighted by Gasteiger charge is 2.13. The summed E-state index contributed by atoms with van der Waals surface area (Å²) in [6, 6.07) is 2.31. The Labute approximate surface area is 110 Å². The third-order valence-corrected chi connectivity index (χ3v) is 3.45. The van der Waals surface area contributed by atoms with Crippen LogP contribution in [0.2, 0.25) is 0 Å². The Morgan fingerprint density at radius 3 is 1.53 bits per heavy atom. The second kappa shape index (κ2) is 12.0. The topological polar surface area (TPSA) is 23.8 Å². The summed E-state index contributed by atoms with van der Waals surface area (Å²) in [5.74, 6) is 2.61. The van der Waals surface area contributed by atoms with Crippen molar-refractivity contribution in [2.45, 2.75) is 74.1 Å². The fourth-order valence-corrected chi connectivity index (χ4v) is 1.74. The second-order valence-electron chi connectivity index (χ2n) is 5.53. The lowest BCUT2D eigenvalue weighted by Crippen LogP contribution is -2.10. The molecule has 0 aromatic rings. The van der Waals surface area contributed by atoms with Crippen molar-refractivity contribution in [1.29, 1.82) is 5.26 Å². The van der Waals surface area contributed by atoms with Crippen molar-refractivity contribution >= 4 is 0 Å². The summed E-state index contributed by atoms with van der Waals surface area (Å²) < 4.78 is 0. The normalized spacial score (nSPS) is 15.5. The first-order chi connectivity index (χ1) is 7.97. The largest absolute Gasteiger partial charge is 0.198 e. The lowest BCUT2D eigenvalue weighted by molar-refractivity contribution is 0.308. The summed E-state index contributed by atoms with van der Waals surface area (Å²) in [4.78, 5) is 0. The Balaban J connectivity index is 0. The predicted octanol–water partition coefficient (Wildman–Crippen LogP) is 5.66. The summed E-state index contributed by atoms with van der Waals surface area (Å²) in [5, 5.41) is 8.71.